The normalized spacial score (nSPS) is 22.1. The van der Waals surface area contributed by atoms with Gasteiger partial charge >= 0.3 is 0 Å². The number of nitrogens with zero attached hydrogens (tertiary/aromatic N) is 1. The predicted molar refractivity (Wildman–Crippen MR) is 62.5 cm³/mol. The van der Waals surface area contributed by atoms with E-state index in [9.17, 15) is 4.79 Å². The summed E-state index contributed by atoms with van der Waals surface area (Å²) in [4.78, 5) is 13.6. The molecule has 0 aromatic heterocycles. The molecule has 0 spiro atoms. The van der Waals surface area contributed by atoms with Crippen LogP contribution in [0.15, 0.2) is 0 Å². The van der Waals surface area contributed by atoms with E-state index in [1.807, 2.05) is 4.90 Å². The van der Waals surface area contributed by atoms with Crippen molar-refractivity contribution in [3.8, 4) is 0 Å². The van der Waals surface area contributed by atoms with Crippen LogP contribution >= 0.6 is 0 Å². The lowest BCUT2D eigenvalue weighted by molar-refractivity contribution is -0.133. The summed E-state index contributed by atoms with van der Waals surface area (Å²) >= 11 is 0. The Labute approximate surface area is 93.0 Å². The number of likely N-dealkylation sites (tertiary alicyclic amines) is 1. The zero-order valence-electron chi connectivity index (χ0n) is 10.0. The van der Waals surface area contributed by atoms with Gasteiger partial charge in [-0.3, -0.25) is 4.79 Å². The van der Waals surface area contributed by atoms with Crippen molar-refractivity contribution < 1.29 is 4.79 Å². The molecule has 1 aliphatic heterocycles. The average Bonchev–Trinajstić information content (AvgIpc) is 2.25. The molecule has 88 valence electrons. The van der Waals surface area contributed by atoms with Gasteiger partial charge in [0.2, 0.25) is 5.91 Å². The van der Waals surface area contributed by atoms with E-state index >= 15 is 0 Å². The Kier molecular flexibility index (Phi) is 5.09. The average molecular weight is 212 g/mol. The Morgan fingerprint density at radius 2 is 2.20 bits per heavy atom. The van der Waals surface area contributed by atoms with Gasteiger partial charge in [0.1, 0.15) is 0 Å². The first-order valence-corrected chi connectivity index (χ1v) is 6.14. The smallest absolute Gasteiger partial charge is 0.236 e. The SMILES string of the molecule is CC(C)CC[C@@H]1CCCCN1C(=O)CN. The number of nitrogens with two attached hydrogens (primary N) is 1. The highest BCUT2D eigenvalue weighted by molar-refractivity contribution is 5.78. The van der Waals surface area contributed by atoms with Crippen LogP contribution in [-0.2, 0) is 4.79 Å². The van der Waals surface area contributed by atoms with Gasteiger partial charge in [0, 0.05) is 12.6 Å². The molecule has 0 aromatic carbocycles. The summed E-state index contributed by atoms with van der Waals surface area (Å²) in [5.41, 5.74) is 5.43. The minimum atomic E-state index is 0.128. The molecule has 1 rings (SSSR count). The van der Waals surface area contributed by atoms with Crippen LogP contribution in [0.1, 0.15) is 46.0 Å². The van der Waals surface area contributed by atoms with Gasteiger partial charge in [0.05, 0.1) is 6.54 Å². The van der Waals surface area contributed by atoms with Crippen molar-refractivity contribution >= 4 is 5.91 Å². The van der Waals surface area contributed by atoms with E-state index < -0.39 is 0 Å². The summed E-state index contributed by atoms with van der Waals surface area (Å²) < 4.78 is 0. The Morgan fingerprint density at radius 3 is 2.80 bits per heavy atom. The van der Waals surface area contributed by atoms with Gasteiger partial charge in [-0.25, -0.2) is 0 Å². The molecule has 1 amide bonds. The summed E-state index contributed by atoms with van der Waals surface area (Å²) in [6.07, 6.45) is 5.92. The van der Waals surface area contributed by atoms with Gasteiger partial charge in [-0.05, 0) is 38.0 Å². The van der Waals surface area contributed by atoms with Gasteiger partial charge in [-0.2, -0.15) is 0 Å². The second kappa shape index (κ2) is 6.11. The molecule has 15 heavy (non-hydrogen) atoms. The maximum Gasteiger partial charge on any atom is 0.236 e. The standard InChI is InChI=1S/C12H24N2O/c1-10(2)6-7-11-5-3-4-8-14(11)12(15)9-13/h10-11H,3-9,13H2,1-2H3/t11-/m0/s1. The van der Waals surface area contributed by atoms with Crippen LogP contribution in [0.25, 0.3) is 0 Å². The van der Waals surface area contributed by atoms with Crippen molar-refractivity contribution in [3.05, 3.63) is 0 Å². The number of amides is 1. The van der Waals surface area contributed by atoms with Gasteiger partial charge in [-0.1, -0.05) is 13.8 Å². The Bertz CT molecular complexity index is 204. The van der Waals surface area contributed by atoms with E-state index in [0.717, 1.165) is 25.3 Å². The number of hydrogen-bond acceptors (Lipinski definition) is 2. The molecule has 3 nitrogen and oxygen atoms in total. The molecule has 0 bridgehead atoms. The Hall–Kier alpha value is -0.570. The van der Waals surface area contributed by atoms with E-state index in [2.05, 4.69) is 13.8 Å². The number of rotatable bonds is 4. The van der Waals surface area contributed by atoms with Crippen LogP contribution < -0.4 is 5.73 Å². The summed E-state index contributed by atoms with van der Waals surface area (Å²) in [6.45, 7) is 5.55. The molecule has 0 aromatic rings. The molecule has 1 fully saturated rings. The highest BCUT2D eigenvalue weighted by Crippen LogP contribution is 2.22. The maximum atomic E-state index is 11.6. The molecule has 1 heterocycles. The first-order chi connectivity index (χ1) is 7.15. The van der Waals surface area contributed by atoms with E-state index in [1.165, 1.54) is 19.3 Å². The van der Waals surface area contributed by atoms with E-state index in [1.54, 1.807) is 0 Å². The lowest BCUT2D eigenvalue weighted by atomic mass is 9.95. The zero-order valence-corrected chi connectivity index (χ0v) is 10.0. The van der Waals surface area contributed by atoms with Gasteiger partial charge in [0.25, 0.3) is 0 Å². The van der Waals surface area contributed by atoms with E-state index in [0.29, 0.717) is 6.04 Å². The van der Waals surface area contributed by atoms with Gasteiger partial charge in [0.15, 0.2) is 0 Å². The third kappa shape index (κ3) is 3.82. The van der Waals surface area contributed by atoms with Crippen LogP contribution in [0.4, 0.5) is 0 Å². The molecule has 1 atom stereocenters. The molecule has 1 aliphatic rings. The minimum Gasteiger partial charge on any atom is -0.339 e. The van der Waals surface area contributed by atoms with Crippen LogP contribution in [0.2, 0.25) is 0 Å². The minimum absolute atomic E-state index is 0.128. The second-order valence-electron chi connectivity index (χ2n) is 4.91. The van der Waals surface area contributed by atoms with Crippen molar-refractivity contribution in [1.29, 1.82) is 0 Å². The van der Waals surface area contributed by atoms with Crippen molar-refractivity contribution in [1.82, 2.24) is 4.90 Å². The lowest BCUT2D eigenvalue weighted by Gasteiger charge is -2.36. The third-order valence-electron chi connectivity index (χ3n) is 3.20. The summed E-state index contributed by atoms with van der Waals surface area (Å²) in [6, 6.07) is 0.456. The molecular formula is C12H24N2O. The first-order valence-electron chi connectivity index (χ1n) is 6.14. The van der Waals surface area contributed by atoms with E-state index in [4.69, 9.17) is 5.73 Å². The number of hydrogen-bond donors (Lipinski definition) is 1. The summed E-state index contributed by atoms with van der Waals surface area (Å²) in [5.74, 6) is 0.852. The molecule has 0 radical (unpaired) electrons. The van der Waals surface area contributed by atoms with Crippen LogP contribution in [0.5, 0.6) is 0 Å². The zero-order chi connectivity index (χ0) is 11.3. The Morgan fingerprint density at radius 1 is 1.47 bits per heavy atom. The maximum absolute atomic E-state index is 11.6. The molecule has 3 heteroatoms. The van der Waals surface area contributed by atoms with Crippen LogP contribution in [-0.4, -0.2) is 29.9 Å². The molecule has 1 saturated heterocycles. The number of carbonyl (C=O) groups is 1. The lowest BCUT2D eigenvalue weighted by Crippen LogP contribution is -2.46. The van der Waals surface area contributed by atoms with Crippen molar-refractivity contribution in [3.63, 3.8) is 0 Å². The van der Waals surface area contributed by atoms with E-state index in [-0.39, 0.29) is 12.5 Å². The molecule has 0 aliphatic carbocycles. The fraction of sp³-hybridized carbons (Fsp3) is 0.917. The van der Waals surface area contributed by atoms with Crippen molar-refractivity contribution in [2.45, 2.75) is 52.0 Å². The summed E-state index contributed by atoms with van der Waals surface area (Å²) in [7, 11) is 0. The highest BCUT2D eigenvalue weighted by Gasteiger charge is 2.25. The van der Waals surface area contributed by atoms with Gasteiger partial charge < -0.3 is 10.6 Å². The third-order valence-corrected chi connectivity index (χ3v) is 3.20. The van der Waals surface area contributed by atoms with Crippen LogP contribution in [0.3, 0.4) is 0 Å². The number of piperidine rings is 1. The van der Waals surface area contributed by atoms with Crippen molar-refractivity contribution in [2.75, 3.05) is 13.1 Å². The Balaban J connectivity index is 2.46. The highest BCUT2D eigenvalue weighted by atomic mass is 16.2. The quantitative estimate of drug-likeness (QED) is 0.772. The largest absolute Gasteiger partial charge is 0.339 e. The summed E-state index contributed by atoms with van der Waals surface area (Å²) in [5, 5.41) is 0. The monoisotopic (exact) mass is 212 g/mol. The fourth-order valence-electron chi connectivity index (χ4n) is 2.27. The first kappa shape index (κ1) is 12.5. The predicted octanol–water partition coefficient (Wildman–Crippen LogP) is 1.76. The topological polar surface area (TPSA) is 46.3 Å². The fourth-order valence-corrected chi connectivity index (χ4v) is 2.27. The van der Waals surface area contributed by atoms with Crippen molar-refractivity contribution in [2.24, 2.45) is 11.7 Å². The molecular weight excluding hydrogens is 188 g/mol. The van der Waals surface area contributed by atoms with Gasteiger partial charge in [-0.15, -0.1) is 0 Å². The number of carbonyl (C=O) groups excluding carboxylic acids is 1. The molecule has 0 saturated carbocycles. The molecule has 0 unspecified atom stereocenters. The van der Waals surface area contributed by atoms with Crippen LogP contribution in [0, 0.1) is 5.92 Å². The second-order valence-corrected chi connectivity index (χ2v) is 4.91. The molecule has 2 N–H and O–H groups in total.